The van der Waals surface area contributed by atoms with Gasteiger partial charge in [-0.1, -0.05) is 51.9 Å². The second kappa shape index (κ2) is 19.6. The van der Waals surface area contributed by atoms with Crippen molar-refractivity contribution in [2.45, 2.75) is 77.6 Å². The molecule has 146 valence electrons. The molecule has 0 unspecified atom stereocenters. The Morgan fingerprint density at radius 2 is 1.56 bits per heavy atom. The van der Waals surface area contributed by atoms with Crippen molar-refractivity contribution in [1.82, 2.24) is 0 Å². The summed E-state index contributed by atoms with van der Waals surface area (Å²) in [4.78, 5) is 21.2. The zero-order chi connectivity index (χ0) is 20.2. The van der Waals surface area contributed by atoms with Crippen LogP contribution in [-0.4, -0.2) is 11.9 Å². The van der Waals surface area contributed by atoms with E-state index in [0.717, 1.165) is 39.0 Å². The average molecular weight is 561 g/mol. The first-order valence-corrected chi connectivity index (χ1v) is 12.7. The van der Waals surface area contributed by atoms with Gasteiger partial charge in [-0.05, 0) is 25.3 Å². The Hall–Kier alpha value is -1.16. The third kappa shape index (κ3) is 21.0. The summed E-state index contributed by atoms with van der Waals surface area (Å²) in [6.45, 7) is 2.22. The number of carboxylic acids is 1. The predicted octanol–water partition coefficient (Wildman–Crippen LogP) is 3.96. The first-order chi connectivity index (χ1) is 13.1. The summed E-state index contributed by atoms with van der Waals surface area (Å²) in [7, 11) is 0. The van der Waals surface area contributed by atoms with Gasteiger partial charge < -0.3 is 14.6 Å². The summed E-state index contributed by atoms with van der Waals surface area (Å²) in [5.74, 6) is -1.76. The number of aliphatic carboxylic acids is 1. The van der Waals surface area contributed by atoms with E-state index in [1.165, 1.54) is 54.3 Å². The van der Waals surface area contributed by atoms with Crippen LogP contribution in [0.3, 0.4) is 0 Å². The Labute approximate surface area is 180 Å². The van der Waals surface area contributed by atoms with Crippen molar-refractivity contribution in [2.75, 3.05) is 0 Å². The van der Waals surface area contributed by atoms with E-state index in [4.69, 9.17) is 4.74 Å². The number of esters is 1. The van der Waals surface area contributed by atoms with Gasteiger partial charge in [-0.25, -0.2) is 0 Å². The van der Waals surface area contributed by atoms with E-state index < -0.39 is 11.9 Å². The van der Waals surface area contributed by atoms with Gasteiger partial charge >= 0.3 is 65.5 Å². The second-order valence-electron chi connectivity index (χ2n) is 6.48. The molecule has 0 bridgehead atoms. The van der Waals surface area contributed by atoms with Gasteiger partial charge in [0.2, 0.25) is 0 Å². The third-order valence-corrected chi connectivity index (χ3v) is 5.73. The SMILES string of the molecule is CCCCCCCCCCC=COC(=O)CCC(=O)[O-].[Hg+][c]1ccccc1. The normalized spacial score (nSPS) is 10.3. The number of hydrogen-bond donors (Lipinski definition) is 0. The molecule has 0 aliphatic rings. The number of carboxylic acid groups (broad SMARTS) is 1. The monoisotopic (exact) mass is 562 g/mol. The molecule has 1 aromatic carbocycles. The topological polar surface area (TPSA) is 66.4 Å². The molecule has 4 nitrogen and oxygen atoms in total. The Balaban J connectivity index is 0.000000797. The van der Waals surface area contributed by atoms with E-state index in [1.54, 1.807) is 0 Å². The van der Waals surface area contributed by atoms with E-state index in [2.05, 4.69) is 37.3 Å². The average Bonchev–Trinajstić information content (AvgIpc) is 2.65. The molecule has 27 heavy (non-hydrogen) atoms. The van der Waals surface area contributed by atoms with E-state index >= 15 is 0 Å². The van der Waals surface area contributed by atoms with Gasteiger partial charge in [-0.15, -0.1) is 0 Å². The number of carbonyl (C=O) groups is 2. The number of allylic oxidation sites excluding steroid dienone is 1. The molecule has 1 rings (SSSR count). The van der Waals surface area contributed by atoms with Gasteiger partial charge in [0.05, 0.1) is 12.7 Å². The van der Waals surface area contributed by atoms with Crippen LogP contribution in [-0.2, 0) is 40.4 Å². The van der Waals surface area contributed by atoms with Crippen LogP contribution in [0.4, 0.5) is 0 Å². The summed E-state index contributed by atoms with van der Waals surface area (Å²) in [5.41, 5.74) is 0. The Kier molecular flexibility index (Phi) is 18.7. The molecular weight excluding hydrogens is 529 g/mol. The van der Waals surface area contributed by atoms with Crippen LogP contribution in [0.25, 0.3) is 0 Å². The molecule has 0 atom stereocenters. The Bertz CT molecular complexity index is 514. The number of carbonyl (C=O) groups excluding carboxylic acids is 2. The molecule has 0 fully saturated rings. The first kappa shape index (κ1) is 25.8. The predicted molar refractivity (Wildman–Crippen MR) is 103 cm³/mol. The summed E-state index contributed by atoms with van der Waals surface area (Å²) in [5, 5.41) is 10.1. The van der Waals surface area contributed by atoms with Crippen LogP contribution in [0.5, 0.6) is 0 Å². The molecule has 5 heteroatoms. The molecule has 0 radical (unpaired) electrons. The number of ether oxygens (including phenoxy) is 1. The van der Waals surface area contributed by atoms with E-state index in [0.29, 0.717) is 0 Å². The molecule has 1 aromatic rings. The molecule has 0 saturated heterocycles. The molecule has 0 amide bonds. The maximum absolute atomic E-state index is 11.0. The number of hydrogen-bond acceptors (Lipinski definition) is 4. The number of rotatable bonds is 13. The molecule has 0 aliphatic heterocycles. The Morgan fingerprint density at radius 3 is 2.07 bits per heavy atom. The van der Waals surface area contributed by atoms with Crippen LogP contribution < -0.4 is 8.18 Å². The zero-order valence-electron chi connectivity index (χ0n) is 16.7. The standard InChI is InChI=1S/C16H28O4.C6H5.Hg/c1-2-3-4-5-6-7-8-9-10-11-14-20-16(19)13-12-15(17)18;1-2-4-6-5-3-1;/h11,14H,2-10,12-13H2,1H3,(H,17,18);1-5H;/q;;+1/p-1. The van der Waals surface area contributed by atoms with Crippen LogP contribution in [0.2, 0.25) is 0 Å². The molecule has 0 aliphatic carbocycles. The number of unbranched alkanes of at least 4 members (excludes halogenated alkanes) is 8. The minimum absolute atomic E-state index is 0.134. The summed E-state index contributed by atoms with van der Waals surface area (Å²) in [6, 6.07) is 10.6. The van der Waals surface area contributed by atoms with Crippen molar-refractivity contribution >= 4 is 15.0 Å². The quantitative estimate of drug-likeness (QED) is 0.158. The minimum atomic E-state index is -1.23. The van der Waals surface area contributed by atoms with Crippen LogP contribution in [0.1, 0.15) is 77.6 Å². The fourth-order valence-corrected chi connectivity index (χ4v) is 3.39. The van der Waals surface area contributed by atoms with Crippen LogP contribution in [0, 0.1) is 0 Å². The van der Waals surface area contributed by atoms with E-state index in [9.17, 15) is 14.7 Å². The van der Waals surface area contributed by atoms with Gasteiger partial charge in [0.25, 0.3) is 0 Å². The van der Waals surface area contributed by atoms with E-state index in [1.807, 2.05) is 6.08 Å². The molecular formula is C22H32HgO4. The van der Waals surface area contributed by atoms with Crippen LogP contribution in [0.15, 0.2) is 42.7 Å². The van der Waals surface area contributed by atoms with Crippen molar-refractivity contribution in [3.8, 4) is 0 Å². The fraction of sp³-hybridized carbons (Fsp3) is 0.545. The summed E-state index contributed by atoms with van der Waals surface area (Å²) >= 11 is 0.810. The summed E-state index contributed by atoms with van der Waals surface area (Å²) < 4.78 is 6.27. The van der Waals surface area contributed by atoms with E-state index in [-0.39, 0.29) is 12.8 Å². The van der Waals surface area contributed by atoms with Crippen molar-refractivity contribution < 1.29 is 45.6 Å². The van der Waals surface area contributed by atoms with Crippen LogP contribution >= 0.6 is 0 Å². The third-order valence-electron chi connectivity index (χ3n) is 3.90. The fourth-order valence-electron chi connectivity index (χ4n) is 2.33. The van der Waals surface area contributed by atoms with Gasteiger partial charge in [0, 0.05) is 5.97 Å². The second-order valence-corrected chi connectivity index (χ2v) is 9.66. The van der Waals surface area contributed by atoms with Gasteiger partial charge in [-0.3, -0.25) is 4.79 Å². The van der Waals surface area contributed by atoms with Gasteiger partial charge in [0.1, 0.15) is 0 Å². The molecule has 0 heterocycles. The maximum atomic E-state index is 11.0. The van der Waals surface area contributed by atoms with Crippen molar-refractivity contribution in [1.29, 1.82) is 0 Å². The van der Waals surface area contributed by atoms with Crippen molar-refractivity contribution in [3.05, 3.63) is 42.7 Å². The van der Waals surface area contributed by atoms with Gasteiger partial charge in [-0.2, -0.15) is 0 Å². The molecule has 0 saturated carbocycles. The molecule has 0 spiro atoms. The van der Waals surface area contributed by atoms with Crippen molar-refractivity contribution in [3.63, 3.8) is 0 Å². The zero-order valence-corrected chi connectivity index (χ0v) is 22.2. The van der Waals surface area contributed by atoms with Crippen molar-refractivity contribution in [2.24, 2.45) is 0 Å². The summed E-state index contributed by atoms with van der Waals surface area (Å²) in [6.07, 6.45) is 13.8. The molecule has 0 aromatic heterocycles. The molecule has 0 N–H and O–H groups in total. The van der Waals surface area contributed by atoms with Gasteiger partial charge in [0.15, 0.2) is 0 Å². The first-order valence-electron chi connectivity index (χ1n) is 9.97. The number of benzene rings is 1. The Morgan fingerprint density at radius 1 is 0.963 bits per heavy atom.